The number of sulfonamides is 1. The maximum absolute atomic E-state index is 12.5. The first kappa shape index (κ1) is 19.9. The normalized spacial score (nSPS) is 13.7. The van der Waals surface area contributed by atoms with Gasteiger partial charge in [0, 0.05) is 5.69 Å². The summed E-state index contributed by atoms with van der Waals surface area (Å²) in [6.45, 7) is 5.43. The Bertz CT molecular complexity index is 878. The second kappa shape index (κ2) is 7.88. The average molecular weight is 375 g/mol. The van der Waals surface area contributed by atoms with Crippen molar-refractivity contribution in [1.82, 2.24) is 0 Å². The minimum Gasteiger partial charge on any atom is -0.324 e. The highest BCUT2D eigenvalue weighted by atomic mass is 32.2. The molecule has 140 valence electrons. The lowest BCUT2D eigenvalue weighted by molar-refractivity contribution is -0.120. The molecular weight excluding hydrogens is 350 g/mol. The first-order chi connectivity index (χ1) is 12.2. The summed E-state index contributed by atoms with van der Waals surface area (Å²) in [5.74, 6) is -0.305. The number of rotatable bonds is 7. The van der Waals surface area contributed by atoms with Gasteiger partial charge in [-0.25, -0.2) is 8.42 Å². The molecule has 1 unspecified atom stereocenters. The van der Waals surface area contributed by atoms with Crippen LogP contribution >= 0.6 is 0 Å². The summed E-state index contributed by atoms with van der Waals surface area (Å²) in [5.41, 5.74) is 6.69. The molecular formula is C19H25N3O3S. The summed E-state index contributed by atoms with van der Waals surface area (Å²) < 4.78 is 27.6. The van der Waals surface area contributed by atoms with Crippen LogP contribution in [-0.4, -0.2) is 19.9 Å². The summed E-state index contributed by atoms with van der Waals surface area (Å²) in [4.78, 5) is 12.5. The van der Waals surface area contributed by atoms with E-state index in [1.54, 1.807) is 50.2 Å². The zero-order valence-corrected chi connectivity index (χ0v) is 16.1. The van der Waals surface area contributed by atoms with Crippen molar-refractivity contribution in [3.63, 3.8) is 0 Å². The van der Waals surface area contributed by atoms with Crippen LogP contribution in [0.5, 0.6) is 0 Å². The number of hydrogen-bond acceptors (Lipinski definition) is 4. The number of amides is 1. The highest BCUT2D eigenvalue weighted by Crippen LogP contribution is 2.24. The third-order valence-corrected chi connectivity index (χ3v) is 5.46. The quantitative estimate of drug-likeness (QED) is 0.691. The number of carbonyl (C=O) groups is 1. The molecule has 26 heavy (non-hydrogen) atoms. The number of carbonyl (C=O) groups excluding carboxylic acids is 1. The van der Waals surface area contributed by atoms with E-state index in [1.165, 1.54) is 12.1 Å². The largest absolute Gasteiger partial charge is 0.324 e. The lowest BCUT2D eigenvalue weighted by atomic mass is 9.96. The lowest BCUT2D eigenvalue weighted by Gasteiger charge is -2.23. The monoisotopic (exact) mass is 375 g/mol. The Balaban J connectivity index is 2.24. The van der Waals surface area contributed by atoms with Gasteiger partial charge in [-0.05, 0) is 50.1 Å². The third kappa shape index (κ3) is 4.83. The molecule has 0 heterocycles. The van der Waals surface area contributed by atoms with Gasteiger partial charge in [0.1, 0.15) is 0 Å². The molecule has 2 rings (SSSR count). The second-order valence-corrected chi connectivity index (χ2v) is 8.25. The molecule has 1 atom stereocenters. The van der Waals surface area contributed by atoms with E-state index < -0.39 is 15.6 Å². The van der Waals surface area contributed by atoms with Crippen molar-refractivity contribution in [2.45, 2.75) is 44.0 Å². The van der Waals surface area contributed by atoms with Crippen LogP contribution in [-0.2, 0) is 14.8 Å². The molecule has 0 spiro atoms. The van der Waals surface area contributed by atoms with Crippen LogP contribution in [0.1, 0.15) is 32.3 Å². The summed E-state index contributed by atoms with van der Waals surface area (Å²) >= 11 is 0. The summed E-state index contributed by atoms with van der Waals surface area (Å²) in [6, 6.07) is 13.2. The molecule has 0 bridgehead atoms. The number of benzene rings is 2. The maximum atomic E-state index is 12.5. The van der Waals surface area contributed by atoms with Crippen molar-refractivity contribution in [3.05, 3.63) is 54.1 Å². The van der Waals surface area contributed by atoms with E-state index in [9.17, 15) is 13.2 Å². The molecule has 2 aromatic carbocycles. The van der Waals surface area contributed by atoms with Gasteiger partial charge in [0.2, 0.25) is 5.91 Å². The van der Waals surface area contributed by atoms with Gasteiger partial charge >= 0.3 is 0 Å². The fraction of sp³-hybridized carbons (Fsp3) is 0.316. The first-order valence-electron chi connectivity index (χ1n) is 8.44. The molecule has 0 saturated carbocycles. The Hall–Kier alpha value is -2.38. The summed E-state index contributed by atoms with van der Waals surface area (Å²) in [6.07, 6.45) is 1.34. The van der Waals surface area contributed by atoms with Crippen LogP contribution in [0.4, 0.5) is 11.4 Å². The van der Waals surface area contributed by atoms with Gasteiger partial charge in [0.15, 0.2) is 0 Å². The van der Waals surface area contributed by atoms with Crippen molar-refractivity contribution >= 4 is 27.3 Å². The van der Waals surface area contributed by atoms with Crippen LogP contribution in [0.2, 0.25) is 0 Å². The Morgan fingerprint density at radius 2 is 1.81 bits per heavy atom. The lowest BCUT2D eigenvalue weighted by Crippen LogP contribution is -2.48. The van der Waals surface area contributed by atoms with E-state index in [0.717, 1.165) is 12.0 Å². The minimum absolute atomic E-state index is 0.173. The van der Waals surface area contributed by atoms with Gasteiger partial charge < -0.3 is 11.1 Å². The molecule has 0 saturated heterocycles. The van der Waals surface area contributed by atoms with Gasteiger partial charge in [-0.2, -0.15) is 0 Å². The Kier molecular flexibility index (Phi) is 6.05. The van der Waals surface area contributed by atoms with E-state index in [1.807, 2.05) is 6.92 Å². The standard InChI is InChI=1S/C19H25N3O3S/c1-4-12-19(3,20)18(23)21-15-11-10-14(2)17(13-15)22-26(24,25)16-8-6-5-7-9-16/h5-11,13,22H,4,12,20H2,1-3H3,(H,21,23). The molecule has 0 aliphatic rings. The third-order valence-electron chi connectivity index (χ3n) is 4.08. The molecule has 4 N–H and O–H groups in total. The zero-order valence-electron chi connectivity index (χ0n) is 15.2. The molecule has 1 amide bonds. The Labute approximate surface area is 154 Å². The van der Waals surface area contributed by atoms with E-state index in [2.05, 4.69) is 10.0 Å². The maximum Gasteiger partial charge on any atom is 0.261 e. The predicted molar refractivity (Wildman–Crippen MR) is 105 cm³/mol. The van der Waals surface area contributed by atoms with Gasteiger partial charge in [-0.1, -0.05) is 37.6 Å². The second-order valence-electron chi connectivity index (χ2n) is 6.57. The van der Waals surface area contributed by atoms with Crippen molar-refractivity contribution in [2.24, 2.45) is 5.73 Å². The Morgan fingerprint density at radius 3 is 2.42 bits per heavy atom. The molecule has 7 heteroatoms. The van der Waals surface area contributed by atoms with Crippen LogP contribution < -0.4 is 15.8 Å². The van der Waals surface area contributed by atoms with E-state index in [-0.39, 0.29) is 10.8 Å². The van der Waals surface area contributed by atoms with Gasteiger partial charge in [0.05, 0.1) is 16.1 Å². The number of hydrogen-bond donors (Lipinski definition) is 3. The van der Waals surface area contributed by atoms with E-state index in [4.69, 9.17) is 5.73 Å². The van der Waals surface area contributed by atoms with Gasteiger partial charge in [-0.3, -0.25) is 9.52 Å². The van der Waals surface area contributed by atoms with Crippen LogP contribution in [0.3, 0.4) is 0 Å². The van der Waals surface area contributed by atoms with Crippen LogP contribution in [0.15, 0.2) is 53.4 Å². The highest BCUT2D eigenvalue weighted by Gasteiger charge is 2.27. The molecule has 0 aliphatic carbocycles. The number of anilines is 2. The van der Waals surface area contributed by atoms with Crippen LogP contribution in [0, 0.1) is 6.92 Å². The summed E-state index contributed by atoms with van der Waals surface area (Å²) in [7, 11) is -3.71. The highest BCUT2D eigenvalue weighted by molar-refractivity contribution is 7.92. The van der Waals surface area contributed by atoms with Gasteiger partial charge in [0.25, 0.3) is 10.0 Å². The average Bonchev–Trinajstić information content (AvgIpc) is 2.58. The predicted octanol–water partition coefficient (Wildman–Crippen LogP) is 3.25. The molecule has 0 aliphatic heterocycles. The number of nitrogens with one attached hydrogen (secondary N) is 2. The van der Waals surface area contributed by atoms with Crippen molar-refractivity contribution in [3.8, 4) is 0 Å². The minimum atomic E-state index is -3.71. The number of aryl methyl sites for hydroxylation is 1. The van der Waals surface area contributed by atoms with Crippen molar-refractivity contribution in [2.75, 3.05) is 10.0 Å². The van der Waals surface area contributed by atoms with E-state index in [0.29, 0.717) is 17.8 Å². The van der Waals surface area contributed by atoms with Crippen LogP contribution in [0.25, 0.3) is 0 Å². The topological polar surface area (TPSA) is 101 Å². The molecule has 6 nitrogen and oxygen atoms in total. The fourth-order valence-electron chi connectivity index (χ4n) is 2.52. The van der Waals surface area contributed by atoms with E-state index >= 15 is 0 Å². The smallest absolute Gasteiger partial charge is 0.261 e. The summed E-state index contributed by atoms with van der Waals surface area (Å²) in [5, 5.41) is 2.76. The fourth-order valence-corrected chi connectivity index (χ4v) is 3.66. The zero-order chi connectivity index (χ0) is 19.4. The molecule has 0 radical (unpaired) electrons. The molecule has 0 aromatic heterocycles. The van der Waals surface area contributed by atoms with Crippen molar-refractivity contribution in [1.29, 1.82) is 0 Å². The molecule has 2 aromatic rings. The first-order valence-corrected chi connectivity index (χ1v) is 9.93. The Morgan fingerprint density at radius 1 is 1.15 bits per heavy atom. The number of nitrogens with two attached hydrogens (primary N) is 1. The molecule has 0 fully saturated rings. The SMILES string of the molecule is CCCC(C)(N)C(=O)Nc1ccc(C)c(NS(=O)(=O)c2ccccc2)c1. The van der Waals surface area contributed by atoms with Gasteiger partial charge in [-0.15, -0.1) is 0 Å². The van der Waals surface area contributed by atoms with Crippen molar-refractivity contribution < 1.29 is 13.2 Å².